The van der Waals surface area contributed by atoms with Crippen molar-refractivity contribution in [2.45, 2.75) is 6.92 Å². The van der Waals surface area contributed by atoms with Crippen molar-refractivity contribution in [3.63, 3.8) is 0 Å². The van der Waals surface area contributed by atoms with Crippen molar-refractivity contribution in [2.75, 3.05) is 7.11 Å². The molecule has 108 valence electrons. The fourth-order valence-corrected chi connectivity index (χ4v) is 2.31. The van der Waals surface area contributed by atoms with Gasteiger partial charge in [0.05, 0.1) is 12.5 Å². The standard InChI is InChI=1S/C18H13NO3/c1-11-3-5-12(6-4-11)18-15(10-19)17(20)14-8-7-13(21-2)9-16(14)22-18/h3-9H,1-2H3. The van der Waals surface area contributed by atoms with Gasteiger partial charge < -0.3 is 9.15 Å². The Hall–Kier alpha value is -3.06. The summed E-state index contributed by atoms with van der Waals surface area (Å²) in [6, 6.07) is 14.4. The van der Waals surface area contributed by atoms with Gasteiger partial charge in [0.25, 0.3) is 0 Å². The van der Waals surface area contributed by atoms with Gasteiger partial charge in [-0.1, -0.05) is 29.8 Å². The molecule has 0 atom stereocenters. The molecular weight excluding hydrogens is 278 g/mol. The molecular formula is C18H13NO3. The molecule has 0 amide bonds. The zero-order valence-corrected chi connectivity index (χ0v) is 12.2. The van der Waals surface area contributed by atoms with Crippen LogP contribution in [0.25, 0.3) is 22.3 Å². The van der Waals surface area contributed by atoms with E-state index in [-0.39, 0.29) is 16.8 Å². The lowest BCUT2D eigenvalue weighted by molar-refractivity contribution is 0.414. The van der Waals surface area contributed by atoms with E-state index in [1.807, 2.05) is 37.3 Å². The Morgan fingerprint density at radius 3 is 2.50 bits per heavy atom. The summed E-state index contributed by atoms with van der Waals surface area (Å²) in [7, 11) is 1.55. The highest BCUT2D eigenvalue weighted by Gasteiger charge is 2.16. The van der Waals surface area contributed by atoms with Crippen LogP contribution >= 0.6 is 0 Å². The molecule has 0 bridgehead atoms. The van der Waals surface area contributed by atoms with E-state index in [0.717, 1.165) is 5.56 Å². The van der Waals surface area contributed by atoms with E-state index in [2.05, 4.69) is 0 Å². The van der Waals surface area contributed by atoms with Crippen LogP contribution < -0.4 is 10.2 Å². The quantitative estimate of drug-likeness (QED) is 0.723. The van der Waals surface area contributed by atoms with Crippen LogP contribution in [0, 0.1) is 18.3 Å². The van der Waals surface area contributed by atoms with Crippen LogP contribution in [0.15, 0.2) is 51.7 Å². The molecule has 1 aromatic heterocycles. The fraction of sp³-hybridized carbons (Fsp3) is 0.111. The summed E-state index contributed by atoms with van der Waals surface area (Å²) in [5.41, 5.74) is 1.87. The van der Waals surface area contributed by atoms with Crippen LogP contribution in [0.4, 0.5) is 0 Å². The van der Waals surface area contributed by atoms with Crippen LogP contribution in [-0.2, 0) is 0 Å². The number of rotatable bonds is 2. The lowest BCUT2D eigenvalue weighted by Gasteiger charge is -2.07. The predicted octanol–water partition coefficient (Wildman–Crippen LogP) is 3.65. The van der Waals surface area contributed by atoms with E-state index in [1.54, 1.807) is 25.3 Å². The maximum Gasteiger partial charge on any atom is 0.211 e. The third-order valence-corrected chi connectivity index (χ3v) is 3.53. The summed E-state index contributed by atoms with van der Waals surface area (Å²) in [5, 5.41) is 9.71. The largest absolute Gasteiger partial charge is 0.497 e. The lowest BCUT2D eigenvalue weighted by atomic mass is 10.0. The number of benzene rings is 2. The average Bonchev–Trinajstić information content (AvgIpc) is 2.55. The van der Waals surface area contributed by atoms with Gasteiger partial charge in [0.1, 0.15) is 23.0 Å². The molecule has 0 unspecified atom stereocenters. The zero-order chi connectivity index (χ0) is 15.7. The Kier molecular flexibility index (Phi) is 3.40. The van der Waals surface area contributed by atoms with Crippen LogP contribution in [0.5, 0.6) is 5.75 Å². The minimum atomic E-state index is -0.332. The molecule has 2 aromatic carbocycles. The first-order valence-corrected chi connectivity index (χ1v) is 6.76. The maximum absolute atomic E-state index is 12.5. The summed E-state index contributed by atoms with van der Waals surface area (Å²) in [6.45, 7) is 1.97. The Balaban J connectivity index is 2.36. The molecule has 0 saturated heterocycles. The van der Waals surface area contributed by atoms with Gasteiger partial charge in [-0.25, -0.2) is 0 Å². The lowest BCUT2D eigenvalue weighted by Crippen LogP contribution is -2.08. The summed E-state index contributed by atoms with van der Waals surface area (Å²) < 4.78 is 11.0. The van der Waals surface area contributed by atoms with Crippen molar-refractivity contribution in [1.82, 2.24) is 0 Å². The SMILES string of the molecule is COc1ccc2c(=O)c(C#N)c(-c3ccc(C)cc3)oc2c1. The molecule has 22 heavy (non-hydrogen) atoms. The number of nitrogens with zero attached hydrogens (tertiary/aromatic N) is 1. The van der Waals surface area contributed by atoms with Crippen molar-refractivity contribution >= 4 is 11.0 Å². The first kappa shape index (κ1) is 13.9. The normalized spacial score (nSPS) is 10.4. The number of fused-ring (bicyclic) bond motifs is 1. The van der Waals surface area contributed by atoms with Gasteiger partial charge in [-0.05, 0) is 19.1 Å². The van der Waals surface area contributed by atoms with Crippen LogP contribution in [0.3, 0.4) is 0 Å². The first-order valence-electron chi connectivity index (χ1n) is 6.76. The number of hydrogen-bond acceptors (Lipinski definition) is 4. The van der Waals surface area contributed by atoms with Gasteiger partial charge in [-0.3, -0.25) is 4.79 Å². The number of nitriles is 1. The second-order valence-corrected chi connectivity index (χ2v) is 4.98. The highest BCUT2D eigenvalue weighted by Crippen LogP contribution is 2.27. The number of hydrogen-bond donors (Lipinski definition) is 0. The highest BCUT2D eigenvalue weighted by molar-refractivity contribution is 5.82. The molecule has 3 aromatic rings. The van der Waals surface area contributed by atoms with Gasteiger partial charge >= 0.3 is 0 Å². The van der Waals surface area contributed by atoms with Crippen LogP contribution in [0.1, 0.15) is 11.1 Å². The zero-order valence-electron chi connectivity index (χ0n) is 12.2. The van der Waals surface area contributed by atoms with Crippen LogP contribution in [0.2, 0.25) is 0 Å². The summed E-state index contributed by atoms with van der Waals surface area (Å²) in [6.07, 6.45) is 0. The highest BCUT2D eigenvalue weighted by atomic mass is 16.5. The van der Waals surface area contributed by atoms with E-state index in [0.29, 0.717) is 22.3 Å². The van der Waals surface area contributed by atoms with Gasteiger partial charge in [0.15, 0.2) is 5.76 Å². The van der Waals surface area contributed by atoms with Gasteiger partial charge in [0, 0.05) is 11.6 Å². The summed E-state index contributed by atoms with van der Waals surface area (Å²) in [5.74, 6) is 0.878. The Bertz CT molecular complexity index is 947. The van der Waals surface area contributed by atoms with Crippen molar-refractivity contribution in [3.8, 4) is 23.1 Å². The minimum absolute atomic E-state index is 0.0153. The Labute approximate surface area is 127 Å². The topological polar surface area (TPSA) is 63.2 Å². The second kappa shape index (κ2) is 5.38. The van der Waals surface area contributed by atoms with Crippen LogP contribution in [-0.4, -0.2) is 7.11 Å². The third kappa shape index (κ3) is 2.23. The van der Waals surface area contributed by atoms with Gasteiger partial charge in [-0.15, -0.1) is 0 Å². The molecule has 0 fully saturated rings. The molecule has 0 radical (unpaired) electrons. The molecule has 0 N–H and O–H groups in total. The van der Waals surface area contributed by atoms with Gasteiger partial charge in [-0.2, -0.15) is 5.26 Å². The molecule has 0 aliphatic carbocycles. The summed E-state index contributed by atoms with van der Waals surface area (Å²) in [4.78, 5) is 12.5. The van der Waals surface area contributed by atoms with Crippen molar-refractivity contribution in [3.05, 3.63) is 63.8 Å². The predicted molar refractivity (Wildman–Crippen MR) is 83.9 cm³/mol. The average molecular weight is 291 g/mol. The monoisotopic (exact) mass is 291 g/mol. The summed E-state index contributed by atoms with van der Waals surface area (Å²) >= 11 is 0. The third-order valence-electron chi connectivity index (χ3n) is 3.53. The van der Waals surface area contributed by atoms with Gasteiger partial charge in [0.2, 0.25) is 5.43 Å². The Morgan fingerprint density at radius 2 is 1.86 bits per heavy atom. The van der Waals surface area contributed by atoms with Crippen molar-refractivity contribution in [2.24, 2.45) is 0 Å². The number of methoxy groups -OCH3 is 1. The molecule has 4 nitrogen and oxygen atoms in total. The van der Waals surface area contributed by atoms with Crippen molar-refractivity contribution in [1.29, 1.82) is 5.26 Å². The molecule has 0 aliphatic heterocycles. The van der Waals surface area contributed by atoms with E-state index in [9.17, 15) is 10.1 Å². The molecule has 0 spiro atoms. The molecule has 4 heteroatoms. The first-order chi connectivity index (χ1) is 10.6. The van der Waals surface area contributed by atoms with Crippen molar-refractivity contribution < 1.29 is 9.15 Å². The molecule has 0 saturated carbocycles. The second-order valence-electron chi connectivity index (χ2n) is 4.98. The fourth-order valence-electron chi connectivity index (χ4n) is 2.31. The van der Waals surface area contributed by atoms with E-state index < -0.39 is 0 Å². The minimum Gasteiger partial charge on any atom is -0.497 e. The molecule has 1 heterocycles. The molecule has 3 rings (SSSR count). The van der Waals surface area contributed by atoms with E-state index >= 15 is 0 Å². The smallest absolute Gasteiger partial charge is 0.211 e. The number of aryl methyl sites for hydroxylation is 1. The maximum atomic E-state index is 12.5. The molecule has 0 aliphatic rings. The van der Waals surface area contributed by atoms with E-state index in [4.69, 9.17) is 9.15 Å². The number of ether oxygens (including phenoxy) is 1. The van der Waals surface area contributed by atoms with E-state index in [1.165, 1.54) is 0 Å². The Morgan fingerprint density at radius 1 is 1.14 bits per heavy atom.